The molecule has 4 aliphatic rings. The highest BCUT2D eigenvalue weighted by Gasteiger charge is 2.66. The number of carboxylic acid groups (broad SMARTS) is 1. The Balaban J connectivity index is 1.44. The van der Waals surface area contributed by atoms with Crippen LogP contribution in [0.15, 0.2) is 18.2 Å². The van der Waals surface area contributed by atoms with Crippen molar-refractivity contribution >= 4 is 17.5 Å². The maximum absolute atomic E-state index is 13.6. The van der Waals surface area contributed by atoms with E-state index in [1.807, 2.05) is 26.0 Å². The predicted octanol–water partition coefficient (Wildman–Crippen LogP) is 3.78. The van der Waals surface area contributed by atoms with Crippen LogP contribution in [-0.2, 0) is 26.2 Å². The number of carboxylic acids is 1. The minimum Gasteiger partial charge on any atom is -0.497 e. The molecule has 1 saturated heterocycles. The van der Waals surface area contributed by atoms with Crippen LogP contribution in [0.3, 0.4) is 0 Å². The van der Waals surface area contributed by atoms with Gasteiger partial charge in [-0.25, -0.2) is 0 Å². The zero-order valence-corrected chi connectivity index (χ0v) is 22.4. The molecule has 1 aliphatic heterocycles. The van der Waals surface area contributed by atoms with Crippen molar-refractivity contribution in [2.75, 3.05) is 20.2 Å². The summed E-state index contributed by atoms with van der Waals surface area (Å²) >= 11 is 0. The standard InChI is InChI=1S/C30H41NO6/c1-18(2)10-21(28(34)35)11-23(32)12-22-15-30(36)27-13-20-6-7-24(37-3)14-25(20)29(30,16-26(22)33)8-9-31(27)17-19-4-5-19/h6-7,14,18-19,21-22,27,36H,4-5,8-13,15-17H2,1-3H3,(H,34,35)/t21-,22+,27-,29-,30-/m1/s1. The van der Waals surface area contributed by atoms with Crippen molar-refractivity contribution in [3.8, 4) is 5.75 Å². The molecule has 3 fully saturated rings. The Morgan fingerprint density at radius 1 is 1.24 bits per heavy atom. The highest BCUT2D eigenvalue weighted by atomic mass is 16.5. The number of carbonyl (C=O) groups is 3. The Kier molecular flexibility index (Phi) is 6.99. The smallest absolute Gasteiger partial charge is 0.306 e. The first-order valence-corrected chi connectivity index (χ1v) is 14.0. The van der Waals surface area contributed by atoms with Gasteiger partial charge in [-0.2, -0.15) is 0 Å². The molecule has 0 unspecified atom stereocenters. The van der Waals surface area contributed by atoms with Gasteiger partial charge >= 0.3 is 5.97 Å². The van der Waals surface area contributed by atoms with Gasteiger partial charge in [0.2, 0.25) is 0 Å². The zero-order valence-electron chi connectivity index (χ0n) is 22.4. The highest BCUT2D eigenvalue weighted by molar-refractivity contribution is 5.91. The van der Waals surface area contributed by atoms with E-state index >= 15 is 0 Å². The number of likely N-dealkylation sites (tertiary alicyclic amines) is 1. The number of methoxy groups -OCH3 is 1. The predicted molar refractivity (Wildman–Crippen MR) is 139 cm³/mol. The molecule has 2 bridgehead atoms. The van der Waals surface area contributed by atoms with Crippen LogP contribution >= 0.6 is 0 Å². The van der Waals surface area contributed by atoms with Gasteiger partial charge in [-0.15, -0.1) is 0 Å². The van der Waals surface area contributed by atoms with Gasteiger partial charge in [0.15, 0.2) is 0 Å². The normalized spacial score (nSPS) is 32.0. The van der Waals surface area contributed by atoms with Gasteiger partial charge in [0.25, 0.3) is 0 Å². The number of Topliss-reactive ketones (excluding diaryl/α,β-unsaturated/α-hetero) is 2. The number of ether oxygens (including phenoxy) is 1. The van der Waals surface area contributed by atoms with Gasteiger partial charge in [-0.05, 0) is 80.2 Å². The van der Waals surface area contributed by atoms with Gasteiger partial charge in [0.1, 0.15) is 17.3 Å². The Morgan fingerprint density at radius 3 is 2.65 bits per heavy atom. The average molecular weight is 512 g/mol. The van der Waals surface area contributed by atoms with Crippen molar-refractivity contribution in [3.05, 3.63) is 29.3 Å². The SMILES string of the molecule is COc1ccc2c(c1)[C@]13CCN(CC4CC4)[C@H](C2)[C@]1(O)C[C@H](CC(=O)C[C@@H](CC(C)C)C(=O)O)C(=O)C3. The Morgan fingerprint density at radius 2 is 2.00 bits per heavy atom. The number of aliphatic hydroxyl groups is 1. The summed E-state index contributed by atoms with van der Waals surface area (Å²) in [5, 5.41) is 22.2. The molecule has 5 atom stereocenters. The molecule has 2 N–H and O–H groups in total. The molecule has 7 heteroatoms. The van der Waals surface area contributed by atoms with Crippen LogP contribution in [0.5, 0.6) is 5.75 Å². The van der Waals surface area contributed by atoms with Gasteiger partial charge in [0, 0.05) is 43.2 Å². The summed E-state index contributed by atoms with van der Waals surface area (Å²) in [5.74, 6) is -0.867. The van der Waals surface area contributed by atoms with E-state index in [1.54, 1.807) is 7.11 Å². The molecule has 37 heavy (non-hydrogen) atoms. The third-order valence-corrected chi connectivity index (χ3v) is 9.62. The third-order valence-electron chi connectivity index (χ3n) is 9.62. The Hall–Kier alpha value is -2.25. The van der Waals surface area contributed by atoms with Crippen molar-refractivity contribution in [3.63, 3.8) is 0 Å². The lowest BCUT2D eigenvalue weighted by Gasteiger charge is -2.64. The van der Waals surface area contributed by atoms with Crippen LogP contribution in [0.2, 0.25) is 0 Å². The molecule has 2 saturated carbocycles. The van der Waals surface area contributed by atoms with Gasteiger partial charge < -0.3 is 14.9 Å². The first-order chi connectivity index (χ1) is 17.6. The molecule has 5 rings (SSSR count). The average Bonchev–Trinajstić information content (AvgIpc) is 3.65. The van der Waals surface area contributed by atoms with E-state index in [4.69, 9.17) is 4.74 Å². The van der Waals surface area contributed by atoms with Gasteiger partial charge in [-0.1, -0.05) is 19.9 Å². The molecule has 1 heterocycles. The molecule has 7 nitrogen and oxygen atoms in total. The number of aliphatic carboxylic acids is 1. The molecule has 1 aromatic rings. The van der Waals surface area contributed by atoms with E-state index in [0.29, 0.717) is 25.2 Å². The quantitative estimate of drug-likeness (QED) is 0.493. The summed E-state index contributed by atoms with van der Waals surface area (Å²) in [7, 11) is 1.63. The van der Waals surface area contributed by atoms with E-state index in [0.717, 1.165) is 24.4 Å². The third kappa shape index (κ3) is 4.74. The van der Waals surface area contributed by atoms with Crippen LogP contribution in [0, 0.1) is 23.7 Å². The van der Waals surface area contributed by atoms with Crippen molar-refractivity contribution in [2.45, 2.75) is 88.7 Å². The maximum atomic E-state index is 13.6. The van der Waals surface area contributed by atoms with Crippen LogP contribution in [-0.4, -0.2) is 64.5 Å². The van der Waals surface area contributed by atoms with E-state index in [1.165, 1.54) is 18.4 Å². The summed E-state index contributed by atoms with van der Waals surface area (Å²) in [5.41, 5.74) is 0.397. The lowest BCUT2D eigenvalue weighted by Crippen LogP contribution is -2.74. The summed E-state index contributed by atoms with van der Waals surface area (Å²) in [6.45, 7) is 5.72. The molecule has 0 radical (unpaired) electrons. The topological polar surface area (TPSA) is 104 Å². The number of carbonyl (C=O) groups excluding carboxylic acids is 2. The fraction of sp³-hybridized carbons (Fsp3) is 0.700. The van der Waals surface area contributed by atoms with Crippen LogP contribution < -0.4 is 4.74 Å². The largest absolute Gasteiger partial charge is 0.497 e. The van der Waals surface area contributed by atoms with Gasteiger partial charge in [0.05, 0.1) is 18.6 Å². The molecular weight excluding hydrogens is 470 g/mol. The molecule has 3 aliphatic carbocycles. The summed E-state index contributed by atoms with van der Waals surface area (Å²) < 4.78 is 5.52. The zero-order chi connectivity index (χ0) is 26.5. The second kappa shape index (κ2) is 9.81. The van der Waals surface area contributed by atoms with Crippen molar-refractivity contribution in [1.29, 1.82) is 0 Å². The van der Waals surface area contributed by atoms with Crippen LogP contribution in [0.25, 0.3) is 0 Å². The van der Waals surface area contributed by atoms with E-state index in [2.05, 4.69) is 11.0 Å². The molecule has 202 valence electrons. The highest BCUT2D eigenvalue weighted by Crippen LogP contribution is 2.59. The Labute approximate surface area is 219 Å². The number of rotatable bonds is 10. The van der Waals surface area contributed by atoms with Gasteiger partial charge in [-0.3, -0.25) is 19.3 Å². The summed E-state index contributed by atoms with van der Waals surface area (Å²) in [6.07, 6.45) is 4.74. The summed E-state index contributed by atoms with van der Waals surface area (Å²) in [4.78, 5) is 40.8. The molecule has 0 amide bonds. The van der Waals surface area contributed by atoms with Crippen LogP contribution in [0.4, 0.5) is 0 Å². The molecular formula is C30H41NO6. The number of fused-ring (bicyclic) bond motifs is 1. The number of hydrogen-bond donors (Lipinski definition) is 2. The lowest BCUT2D eigenvalue weighted by molar-refractivity contribution is -0.182. The van der Waals surface area contributed by atoms with E-state index in [9.17, 15) is 24.6 Å². The number of nitrogens with zero attached hydrogens (tertiary/aromatic N) is 1. The number of hydrogen-bond acceptors (Lipinski definition) is 6. The molecule has 0 aromatic heterocycles. The number of piperidine rings is 1. The minimum atomic E-state index is -1.12. The fourth-order valence-electron chi connectivity index (χ4n) is 7.62. The number of benzene rings is 1. The van der Waals surface area contributed by atoms with E-state index in [-0.39, 0.29) is 49.2 Å². The summed E-state index contributed by atoms with van der Waals surface area (Å²) in [6, 6.07) is 5.96. The maximum Gasteiger partial charge on any atom is 0.306 e. The fourth-order valence-corrected chi connectivity index (χ4v) is 7.62. The monoisotopic (exact) mass is 511 g/mol. The van der Waals surface area contributed by atoms with Crippen LogP contribution in [0.1, 0.15) is 76.3 Å². The van der Waals surface area contributed by atoms with Crippen molar-refractivity contribution in [2.24, 2.45) is 23.7 Å². The molecule has 0 spiro atoms. The lowest BCUT2D eigenvalue weighted by atomic mass is 9.47. The first kappa shape index (κ1) is 26.4. The molecule has 1 aromatic carbocycles. The number of ketones is 2. The Bertz CT molecular complexity index is 1080. The van der Waals surface area contributed by atoms with Crippen molar-refractivity contribution in [1.82, 2.24) is 4.90 Å². The second-order valence-corrected chi connectivity index (χ2v) is 12.6. The minimum absolute atomic E-state index is 0.0128. The first-order valence-electron chi connectivity index (χ1n) is 14.0. The van der Waals surface area contributed by atoms with E-state index < -0.39 is 28.8 Å². The van der Waals surface area contributed by atoms with Crippen molar-refractivity contribution < 1.29 is 29.3 Å². The second-order valence-electron chi connectivity index (χ2n) is 12.6.